The molecular formula is C19H27N3O4. The Morgan fingerprint density at radius 3 is 2.73 bits per heavy atom. The van der Waals surface area contributed by atoms with E-state index >= 15 is 0 Å². The number of hydrogen-bond acceptors (Lipinski definition) is 4. The summed E-state index contributed by atoms with van der Waals surface area (Å²) in [6, 6.07) is 7.33. The van der Waals surface area contributed by atoms with Crippen molar-refractivity contribution in [1.29, 1.82) is 0 Å². The summed E-state index contributed by atoms with van der Waals surface area (Å²) in [7, 11) is 0. The molecule has 0 spiro atoms. The molecule has 0 saturated carbocycles. The molecule has 0 aromatic carbocycles. The molecule has 0 saturated heterocycles. The van der Waals surface area contributed by atoms with Gasteiger partial charge in [0.25, 0.3) is 0 Å². The van der Waals surface area contributed by atoms with Crippen molar-refractivity contribution in [2.45, 2.75) is 46.7 Å². The summed E-state index contributed by atoms with van der Waals surface area (Å²) >= 11 is 0. The maximum Gasteiger partial charge on any atom is 0.310 e. The molecule has 7 nitrogen and oxygen atoms in total. The van der Waals surface area contributed by atoms with E-state index in [1.54, 1.807) is 19.1 Å². The van der Waals surface area contributed by atoms with Crippen molar-refractivity contribution in [1.82, 2.24) is 14.9 Å². The summed E-state index contributed by atoms with van der Waals surface area (Å²) in [5.74, 6) is 0.602. The fourth-order valence-corrected chi connectivity index (χ4v) is 2.67. The molecule has 0 unspecified atom stereocenters. The highest BCUT2D eigenvalue weighted by atomic mass is 16.7. The summed E-state index contributed by atoms with van der Waals surface area (Å²) in [5.41, 5.74) is 3.33. The van der Waals surface area contributed by atoms with Crippen LogP contribution >= 0.6 is 0 Å². The number of nitrogens with zero attached hydrogens (tertiary/aromatic N) is 2. The lowest BCUT2D eigenvalue weighted by Crippen LogP contribution is -2.31. The lowest BCUT2D eigenvalue weighted by atomic mass is 10.3. The van der Waals surface area contributed by atoms with E-state index in [0.717, 1.165) is 18.7 Å². The van der Waals surface area contributed by atoms with E-state index in [9.17, 15) is 9.59 Å². The van der Waals surface area contributed by atoms with Gasteiger partial charge in [0.05, 0.1) is 19.7 Å². The molecule has 2 heterocycles. The highest BCUT2D eigenvalue weighted by Crippen LogP contribution is 2.14. The largest absolute Gasteiger partial charge is 0.454 e. The quantitative estimate of drug-likeness (QED) is 0.660. The normalized spacial score (nSPS) is 10.7. The second kappa shape index (κ2) is 9.82. The van der Waals surface area contributed by atoms with Crippen molar-refractivity contribution >= 4 is 11.8 Å². The van der Waals surface area contributed by atoms with Gasteiger partial charge in [0.2, 0.25) is 5.91 Å². The van der Waals surface area contributed by atoms with Crippen molar-refractivity contribution in [3.8, 4) is 0 Å². The molecule has 2 aromatic heterocycles. The first kappa shape index (κ1) is 19.8. The second-order valence-electron chi connectivity index (χ2n) is 5.93. The van der Waals surface area contributed by atoms with Crippen molar-refractivity contribution in [3.05, 3.63) is 47.7 Å². The average molecular weight is 361 g/mol. The van der Waals surface area contributed by atoms with Gasteiger partial charge in [0, 0.05) is 24.9 Å². The second-order valence-corrected chi connectivity index (χ2v) is 5.93. The number of hydroxylamine groups is 1. The number of nitrogens with one attached hydrogen (secondary N) is 1. The molecule has 0 radical (unpaired) electrons. The maximum absolute atomic E-state index is 12.1. The van der Waals surface area contributed by atoms with Gasteiger partial charge in [-0.15, -0.1) is 0 Å². The highest BCUT2D eigenvalue weighted by Gasteiger charge is 2.15. The van der Waals surface area contributed by atoms with E-state index < -0.39 is 5.91 Å². The Bertz CT molecular complexity index is 720. The van der Waals surface area contributed by atoms with Gasteiger partial charge in [-0.3, -0.25) is 14.4 Å². The Labute approximate surface area is 153 Å². The maximum atomic E-state index is 12.1. The van der Waals surface area contributed by atoms with Crippen molar-refractivity contribution in [2.75, 3.05) is 13.2 Å². The standard InChI is InChI=1S/C19H27N3O4/c1-4-11-22(18(23)5-2)13-15-8-7-12-21(15)14-16-9-10-17(26-16)19(24)20-25-6-3/h7-10,12H,4-6,11,13-14H2,1-3H3,(H,20,24). The summed E-state index contributed by atoms with van der Waals surface area (Å²) in [5, 5.41) is 0. The summed E-state index contributed by atoms with van der Waals surface area (Å²) < 4.78 is 7.62. The summed E-state index contributed by atoms with van der Waals surface area (Å²) in [6.07, 6.45) is 3.36. The molecule has 0 atom stereocenters. The molecule has 26 heavy (non-hydrogen) atoms. The van der Waals surface area contributed by atoms with Gasteiger partial charge in [-0.25, -0.2) is 5.48 Å². The SMILES string of the molecule is CCCN(Cc1cccn1Cc1ccc(C(=O)NOCC)o1)C(=O)CC. The van der Waals surface area contributed by atoms with Crippen LogP contribution in [0.1, 0.15) is 55.6 Å². The van der Waals surface area contributed by atoms with Crippen LogP contribution in [0.15, 0.2) is 34.9 Å². The van der Waals surface area contributed by atoms with E-state index in [0.29, 0.717) is 31.9 Å². The Balaban J connectivity index is 2.05. The molecule has 1 N–H and O–H groups in total. The van der Waals surface area contributed by atoms with Crippen LogP contribution in [0, 0.1) is 0 Å². The molecule has 0 bridgehead atoms. The number of aromatic nitrogens is 1. The smallest absolute Gasteiger partial charge is 0.310 e. The zero-order chi connectivity index (χ0) is 18.9. The monoisotopic (exact) mass is 361 g/mol. The van der Waals surface area contributed by atoms with Crippen molar-refractivity contribution < 1.29 is 18.8 Å². The van der Waals surface area contributed by atoms with Gasteiger partial charge >= 0.3 is 5.91 Å². The van der Waals surface area contributed by atoms with Crippen LogP contribution in [0.25, 0.3) is 0 Å². The Morgan fingerprint density at radius 2 is 2.04 bits per heavy atom. The predicted octanol–water partition coefficient (Wildman–Crippen LogP) is 2.96. The first-order valence-corrected chi connectivity index (χ1v) is 9.01. The Hall–Kier alpha value is -2.54. The lowest BCUT2D eigenvalue weighted by molar-refractivity contribution is -0.131. The Kier molecular flexibility index (Phi) is 7.47. The van der Waals surface area contributed by atoms with Crippen molar-refractivity contribution in [3.63, 3.8) is 0 Å². The van der Waals surface area contributed by atoms with Crippen LogP contribution in [0.5, 0.6) is 0 Å². The van der Waals surface area contributed by atoms with Crippen LogP contribution in [-0.4, -0.2) is 34.4 Å². The van der Waals surface area contributed by atoms with Gasteiger partial charge in [0.15, 0.2) is 5.76 Å². The van der Waals surface area contributed by atoms with Gasteiger partial charge in [-0.05, 0) is 37.6 Å². The molecule has 0 fully saturated rings. The van der Waals surface area contributed by atoms with E-state index in [1.807, 2.05) is 34.7 Å². The van der Waals surface area contributed by atoms with Crippen LogP contribution in [0.2, 0.25) is 0 Å². The van der Waals surface area contributed by atoms with Crippen LogP contribution in [0.4, 0.5) is 0 Å². The van der Waals surface area contributed by atoms with Crippen LogP contribution in [-0.2, 0) is 22.7 Å². The zero-order valence-electron chi connectivity index (χ0n) is 15.7. The Morgan fingerprint density at radius 1 is 1.23 bits per heavy atom. The average Bonchev–Trinajstić information content (AvgIpc) is 3.29. The van der Waals surface area contributed by atoms with E-state index in [1.165, 1.54) is 0 Å². The predicted molar refractivity (Wildman–Crippen MR) is 97.3 cm³/mol. The molecule has 142 valence electrons. The molecule has 7 heteroatoms. The summed E-state index contributed by atoms with van der Waals surface area (Å²) in [4.78, 5) is 30.7. The lowest BCUT2D eigenvalue weighted by Gasteiger charge is -2.22. The fraction of sp³-hybridized carbons (Fsp3) is 0.474. The number of carbonyl (C=O) groups is 2. The van der Waals surface area contributed by atoms with Gasteiger partial charge < -0.3 is 13.9 Å². The number of furan rings is 1. The first-order chi connectivity index (χ1) is 12.6. The number of amides is 2. The minimum atomic E-state index is -0.409. The third-order valence-electron chi connectivity index (χ3n) is 3.95. The minimum Gasteiger partial charge on any atom is -0.454 e. The molecule has 0 aliphatic heterocycles. The van der Waals surface area contributed by atoms with E-state index in [4.69, 9.17) is 9.25 Å². The van der Waals surface area contributed by atoms with Crippen LogP contribution < -0.4 is 5.48 Å². The minimum absolute atomic E-state index is 0.146. The topological polar surface area (TPSA) is 76.7 Å². The fourth-order valence-electron chi connectivity index (χ4n) is 2.67. The highest BCUT2D eigenvalue weighted by molar-refractivity contribution is 5.90. The van der Waals surface area contributed by atoms with Crippen LogP contribution in [0.3, 0.4) is 0 Å². The van der Waals surface area contributed by atoms with E-state index in [-0.39, 0.29) is 11.7 Å². The molecule has 0 aliphatic rings. The van der Waals surface area contributed by atoms with Crippen molar-refractivity contribution in [2.24, 2.45) is 0 Å². The van der Waals surface area contributed by atoms with Gasteiger partial charge in [0.1, 0.15) is 5.76 Å². The molecule has 2 amide bonds. The third kappa shape index (κ3) is 5.23. The molecule has 2 rings (SSSR count). The molecule has 0 aliphatic carbocycles. The third-order valence-corrected chi connectivity index (χ3v) is 3.95. The summed E-state index contributed by atoms with van der Waals surface area (Å²) in [6.45, 7) is 7.90. The van der Waals surface area contributed by atoms with Gasteiger partial charge in [-0.1, -0.05) is 13.8 Å². The molecule has 2 aromatic rings. The van der Waals surface area contributed by atoms with Gasteiger partial charge in [-0.2, -0.15) is 0 Å². The van der Waals surface area contributed by atoms with E-state index in [2.05, 4.69) is 12.4 Å². The molecular weight excluding hydrogens is 334 g/mol. The first-order valence-electron chi connectivity index (χ1n) is 9.01. The number of hydrogen-bond donors (Lipinski definition) is 1. The number of carbonyl (C=O) groups excluding carboxylic acids is 2. The zero-order valence-corrected chi connectivity index (χ0v) is 15.7. The number of rotatable bonds is 10.